The second kappa shape index (κ2) is 11.0. The van der Waals surface area contributed by atoms with Crippen LogP contribution in [0.25, 0.3) is 0 Å². The number of methoxy groups -OCH3 is 1. The van der Waals surface area contributed by atoms with Gasteiger partial charge in [0.25, 0.3) is 0 Å². The highest BCUT2D eigenvalue weighted by Gasteiger charge is 2.30. The number of likely N-dealkylation sites (tertiary alicyclic amines) is 1. The van der Waals surface area contributed by atoms with Gasteiger partial charge in [-0.15, -0.1) is 24.0 Å². The molecule has 2 N–H and O–H groups in total. The number of aliphatic imine (C=N–C) groups is 1. The van der Waals surface area contributed by atoms with E-state index in [1.54, 1.807) is 7.11 Å². The smallest absolute Gasteiger partial charge is 0.191 e. The summed E-state index contributed by atoms with van der Waals surface area (Å²) in [5.41, 5.74) is 1.30. The average Bonchev–Trinajstić information content (AvgIpc) is 3.33. The van der Waals surface area contributed by atoms with Crippen molar-refractivity contribution in [2.24, 2.45) is 4.99 Å². The van der Waals surface area contributed by atoms with Crippen molar-refractivity contribution in [3.8, 4) is 5.75 Å². The van der Waals surface area contributed by atoms with E-state index in [4.69, 9.17) is 4.74 Å². The molecule has 6 heteroatoms. The van der Waals surface area contributed by atoms with Crippen molar-refractivity contribution < 1.29 is 4.74 Å². The largest absolute Gasteiger partial charge is 0.497 e. The summed E-state index contributed by atoms with van der Waals surface area (Å²) in [6.45, 7) is 3.26. The number of nitrogens with zero attached hydrogens (tertiary/aromatic N) is 2. The number of benzene rings is 1. The lowest BCUT2D eigenvalue weighted by atomic mass is 10.1. The highest BCUT2D eigenvalue weighted by Crippen LogP contribution is 2.26. The first-order valence-corrected chi connectivity index (χ1v) is 9.62. The molecule has 2 aliphatic rings. The van der Waals surface area contributed by atoms with E-state index in [0.29, 0.717) is 6.04 Å². The molecule has 1 aliphatic heterocycles. The Bertz CT molecular complexity index is 557. The van der Waals surface area contributed by atoms with E-state index < -0.39 is 0 Å². The SMILES string of the molecule is CN=C(NCCc1ccc(OC)cc1)NC1CCN(C2CCCC2)C1.I. The summed E-state index contributed by atoms with van der Waals surface area (Å²) < 4.78 is 5.20. The van der Waals surface area contributed by atoms with Gasteiger partial charge in [0.15, 0.2) is 5.96 Å². The predicted molar refractivity (Wildman–Crippen MR) is 119 cm³/mol. The minimum Gasteiger partial charge on any atom is -0.497 e. The second-order valence-corrected chi connectivity index (χ2v) is 7.16. The number of nitrogens with one attached hydrogen (secondary N) is 2. The van der Waals surface area contributed by atoms with Crippen molar-refractivity contribution in [1.29, 1.82) is 0 Å². The average molecular weight is 472 g/mol. The molecule has 1 aliphatic carbocycles. The van der Waals surface area contributed by atoms with Gasteiger partial charge in [0.05, 0.1) is 7.11 Å². The zero-order chi connectivity index (χ0) is 17.5. The number of hydrogen-bond donors (Lipinski definition) is 2. The number of guanidine groups is 1. The van der Waals surface area contributed by atoms with Gasteiger partial charge >= 0.3 is 0 Å². The van der Waals surface area contributed by atoms with Crippen molar-refractivity contribution >= 4 is 29.9 Å². The molecule has 1 saturated heterocycles. The summed E-state index contributed by atoms with van der Waals surface area (Å²) in [6, 6.07) is 9.61. The Morgan fingerprint density at radius 2 is 1.92 bits per heavy atom. The van der Waals surface area contributed by atoms with Gasteiger partial charge < -0.3 is 15.4 Å². The van der Waals surface area contributed by atoms with Crippen LogP contribution in [0.3, 0.4) is 0 Å². The normalized spacial score (nSPS) is 21.5. The fourth-order valence-electron chi connectivity index (χ4n) is 4.01. The van der Waals surface area contributed by atoms with Crippen LogP contribution in [-0.2, 0) is 6.42 Å². The van der Waals surface area contributed by atoms with Crippen molar-refractivity contribution in [1.82, 2.24) is 15.5 Å². The highest BCUT2D eigenvalue weighted by atomic mass is 127. The molecule has 0 radical (unpaired) electrons. The summed E-state index contributed by atoms with van der Waals surface area (Å²) in [5, 5.41) is 7.05. The molecule has 1 heterocycles. The van der Waals surface area contributed by atoms with Gasteiger partial charge in [-0.05, 0) is 43.4 Å². The minimum absolute atomic E-state index is 0. The molecule has 1 atom stereocenters. The van der Waals surface area contributed by atoms with E-state index in [1.807, 2.05) is 19.2 Å². The van der Waals surface area contributed by atoms with E-state index in [-0.39, 0.29) is 24.0 Å². The van der Waals surface area contributed by atoms with E-state index in [9.17, 15) is 0 Å². The molecule has 0 aromatic heterocycles. The fraction of sp³-hybridized carbons (Fsp3) is 0.650. The molecule has 1 saturated carbocycles. The van der Waals surface area contributed by atoms with Gasteiger partial charge in [-0.2, -0.15) is 0 Å². The lowest BCUT2D eigenvalue weighted by Gasteiger charge is -2.24. The van der Waals surface area contributed by atoms with Crippen LogP contribution in [0.5, 0.6) is 5.75 Å². The molecule has 26 heavy (non-hydrogen) atoms. The monoisotopic (exact) mass is 472 g/mol. The first-order valence-electron chi connectivity index (χ1n) is 9.62. The van der Waals surface area contributed by atoms with Crippen LogP contribution in [0.15, 0.2) is 29.3 Å². The zero-order valence-electron chi connectivity index (χ0n) is 16.0. The van der Waals surface area contributed by atoms with Gasteiger partial charge in [-0.3, -0.25) is 9.89 Å². The summed E-state index contributed by atoms with van der Waals surface area (Å²) >= 11 is 0. The maximum absolute atomic E-state index is 5.20. The Kier molecular flexibility index (Phi) is 8.98. The van der Waals surface area contributed by atoms with Crippen LogP contribution >= 0.6 is 24.0 Å². The van der Waals surface area contributed by atoms with Crippen LogP contribution in [0.4, 0.5) is 0 Å². The van der Waals surface area contributed by atoms with Gasteiger partial charge in [0.2, 0.25) is 0 Å². The highest BCUT2D eigenvalue weighted by molar-refractivity contribution is 14.0. The maximum Gasteiger partial charge on any atom is 0.191 e. The molecule has 0 amide bonds. The van der Waals surface area contributed by atoms with Gasteiger partial charge in [0.1, 0.15) is 5.75 Å². The Labute approximate surface area is 175 Å². The summed E-state index contributed by atoms with van der Waals surface area (Å²) in [5.74, 6) is 1.83. The van der Waals surface area contributed by atoms with Crippen LogP contribution in [-0.4, -0.2) is 56.7 Å². The van der Waals surface area contributed by atoms with Crippen LogP contribution < -0.4 is 15.4 Å². The third-order valence-corrected chi connectivity index (χ3v) is 5.49. The van der Waals surface area contributed by atoms with E-state index in [2.05, 4.69) is 32.7 Å². The standard InChI is InChI=1S/C20H32N4O.HI/c1-21-20(22-13-11-16-7-9-19(25-2)10-8-16)23-17-12-14-24(15-17)18-5-3-4-6-18;/h7-10,17-18H,3-6,11-15H2,1-2H3,(H2,21,22,23);1H. The molecule has 1 unspecified atom stereocenters. The van der Waals surface area contributed by atoms with Crippen molar-refractivity contribution in [3.05, 3.63) is 29.8 Å². The Balaban J connectivity index is 0.00000243. The number of hydrogen-bond acceptors (Lipinski definition) is 3. The first-order chi connectivity index (χ1) is 12.3. The van der Waals surface area contributed by atoms with E-state index in [1.165, 1.54) is 44.2 Å². The lowest BCUT2D eigenvalue weighted by molar-refractivity contribution is 0.242. The van der Waals surface area contributed by atoms with Gasteiger partial charge in [0, 0.05) is 38.8 Å². The third kappa shape index (κ3) is 6.01. The van der Waals surface area contributed by atoms with Gasteiger partial charge in [-0.25, -0.2) is 0 Å². The Hall–Kier alpha value is -1.02. The molecule has 5 nitrogen and oxygen atoms in total. The lowest BCUT2D eigenvalue weighted by Crippen LogP contribution is -2.45. The Morgan fingerprint density at radius 1 is 1.19 bits per heavy atom. The molecule has 2 fully saturated rings. The molecule has 3 rings (SSSR count). The predicted octanol–water partition coefficient (Wildman–Crippen LogP) is 3.04. The topological polar surface area (TPSA) is 48.9 Å². The van der Waals surface area contributed by atoms with Crippen molar-refractivity contribution in [2.45, 2.75) is 50.6 Å². The number of ether oxygens (including phenoxy) is 1. The number of rotatable bonds is 6. The Morgan fingerprint density at radius 3 is 2.58 bits per heavy atom. The molecular formula is C20H33IN4O. The molecule has 0 spiro atoms. The van der Waals surface area contributed by atoms with Crippen LogP contribution in [0.1, 0.15) is 37.7 Å². The van der Waals surface area contributed by atoms with Gasteiger partial charge in [-0.1, -0.05) is 25.0 Å². The van der Waals surface area contributed by atoms with E-state index in [0.717, 1.165) is 37.3 Å². The minimum atomic E-state index is 0. The summed E-state index contributed by atoms with van der Waals surface area (Å²) in [6.07, 6.45) is 7.80. The maximum atomic E-state index is 5.20. The number of halogens is 1. The molecule has 1 aromatic rings. The molecule has 0 bridgehead atoms. The van der Waals surface area contributed by atoms with Crippen LogP contribution in [0, 0.1) is 0 Å². The first kappa shape index (κ1) is 21.3. The fourth-order valence-corrected chi connectivity index (χ4v) is 4.01. The van der Waals surface area contributed by atoms with Crippen molar-refractivity contribution in [2.75, 3.05) is 33.8 Å². The zero-order valence-corrected chi connectivity index (χ0v) is 18.4. The molecular weight excluding hydrogens is 439 g/mol. The third-order valence-electron chi connectivity index (χ3n) is 5.49. The summed E-state index contributed by atoms with van der Waals surface area (Å²) in [7, 11) is 3.55. The molecule has 1 aromatic carbocycles. The quantitative estimate of drug-likeness (QED) is 0.380. The van der Waals surface area contributed by atoms with Crippen molar-refractivity contribution in [3.63, 3.8) is 0 Å². The second-order valence-electron chi connectivity index (χ2n) is 7.16. The van der Waals surface area contributed by atoms with Crippen LogP contribution in [0.2, 0.25) is 0 Å². The van der Waals surface area contributed by atoms with E-state index >= 15 is 0 Å². The molecule has 146 valence electrons. The summed E-state index contributed by atoms with van der Waals surface area (Å²) in [4.78, 5) is 7.06.